The molecule has 1 aliphatic rings. The minimum absolute atomic E-state index is 0.195. The highest BCUT2D eigenvalue weighted by atomic mass is 16.5. The van der Waals surface area contributed by atoms with Crippen LogP contribution >= 0.6 is 0 Å². The molecule has 0 radical (unpaired) electrons. The Morgan fingerprint density at radius 1 is 1.67 bits per heavy atom. The van der Waals surface area contributed by atoms with E-state index in [0.717, 1.165) is 12.7 Å². The lowest BCUT2D eigenvalue weighted by molar-refractivity contribution is -0.115. The summed E-state index contributed by atoms with van der Waals surface area (Å²) in [5, 5.41) is 0. The van der Waals surface area contributed by atoms with Crippen LogP contribution in [0, 0.1) is 5.41 Å². The number of aldehydes is 1. The SMILES string of the molecule is C=CCC(OCC=O)C1(C)CC1. The predicted molar refractivity (Wildman–Crippen MR) is 48.0 cm³/mol. The zero-order valence-electron chi connectivity index (χ0n) is 7.58. The normalized spacial score (nSPS) is 21.4. The van der Waals surface area contributed by atoms with Crippen LogP contribution in [0.5, 0.6) is 0 Å². The number of hydrogen-bond donors (Lipinski definition) is 0. The molecule has 0 saturated heterocycles. The molecule has 2 heteroatoms. The molecule has 1 saturated carbocycles. The molecular formula is C10H16O2. The van der Waals surface area contributed by atoms with Gasteiger partial charge in [0.1, 0.15) is 12.9 Å². The highest BCUT2D eigenvalue weighted by molar-refractivity contribution is 5.50. The summed E-state index contributed by atoms with van der Waals surface area (Å²) in [6.45, 7) is 6.10. The maximum absolute atomic E-state index is 10.1. The smallest absolute Gasteiger partial charge is 0.145 e. The predicted octanol–water partition coefficient (Wildman–Crippen LogP) is 1.95. The van der Waals surface area contributed by atoms with Gasteiger partial charge in [-0.3, -0.25) is 0 Å². The molecule has 12 heavy (non-hydrogen) atoms. The van der Waals surface area contributed by atoms with Crippen molar-refractivity contribution in [3.63, 3.8) is 0 Å². The molecule has 0 aromatic heterocycles. The van der Waals surface area contributed by atoms with Crippen LogP contribution in [0.3, 0.4) is 0 Å². The molecule has 1 fully saturated rings. The van der Waals surface area contributed by atoms with Gasteiger partial charge in [-0.15, -0.1) is 6.58 Å². The van der Waals surface area contributed by atoms with Crippen LogP contribution in [0.25, 0.3) is 0 Å². The number of carbonyl (C=O) groups excluding carboxylic acids is 1. The Balaban J connectivity index is 2.37. The molecule has 0 aromatic rings. The average molecular weight is 168 g/mol. The minimum atomic E-state index is 0.195. The molecule has 0 aliphatic heterocycles. The first-order valence-electron chi connectivity index (χ1n) is 4.39. The summed E-state index contributed by atoms with van der Waals surface area (Å²) in [7, 11) is 0. The maximum Gasteiger partial charge on any atom is 0.145 e. The molecule has 0 bridgehead atoms. The van der Waals surface area contributed by atoms with Crippen molar-refractivity contribution in [1.29, 1.82) is 0 Å². The number of hydrogen-bond acceptors (Lipinski definition) is 2. The standard InChI is InChI=1S/C10H16O2/c1-3-4-9(12-8-7-11)10(2)5-6-10/h3,7,9H,1,4-6,8H2,2H3. The first kappa shape index (κ1) is 9.46. The second kappa shape index (κ2) is 3.85. The lowest BCUT2D eigenvalue weighted by atomic mass is 9.99. The highest BCUT2D eigenvalue weighted by Gasteiger charge is 2.44. The van der Waals surface area contributed by atoms with Crippen molar-refractivity contribution in [3.8, 4) is 0 Å². The lowest BCUT2D eigenvalue weighted by Gasteiger charge is -2.21. The Hall–Kier alpha value is -0.630. The van der Waals surface area contributed by atoms with Crippen molar-refractivity contribution >= 4 is 6.29 Å². The summed E-state index contributed by atoms with van der Waals surface area (Å²) in [5.74, 6) is 0. The number of carbonyl (C=O) groups is 1. The summed E-state index contributed by atoms with van der Waals surface area (Å²) in [6, 6.07) is 0. The summed E-state index contributed by atoms with van der Waals surface area (Å²) in [4.78, 5) is 10.1. The van der Waals surface area contributed by atoms with Crippen LogP contribution in [0.4, 0.5) is 0 Å². The van der Waals surface area contributed by atoms with Crippen molar-refractivity contribution in [2.45, 2.75) is 32.3 Å². The fraction of sp³-hybridized carbons (Fsp3) is 0.700. The van der Waals surface area contributed by atoms with Gasteiger partial charge in [0.15, 0.2) is 0 Å². The van der Waals surface area contributed by atoms with E-state index in [9.17, 15) is 4.79 Å². The van der Waals surface area contributed by atoms with Gasteiger partial charge >= 0.3 is 0 Å². The second-order valence-corrected chi connectivity index (χ2v) is 3.67. The Labute approximate surface area is 73.6 Å². The average Bonchev–Trinajstić information content (AvgIpc) is 2.78. The number of ether oxygens (including phenoxy) is 1. The third kappa shape index (κ3) is 2.18. The number of rotatable bonds is 6. The maximum atomic E-state index is 10.1. The highest BCUT2D eigenvalue weighted by Crippen LogP contribution is 2.50. The van der Waals surface area contributed by atoms with Crippen molar-refractivity contribution < 1.29 is 9.53 Å². The molecule has 1 atom stereocenters. The fourth-order valence-corrected chi connectivity index (χ4v) is 1.38. The summed E-state index contributed by atoms with van der Waals surface area (Å²) in [6.07, 6.45) is 6.14. The lowest BCUT2D eigenvalue weighted by Crippen LogP contribution is -2.23. The van der Waals surface area contributed by atoms with Gasteiger partial charge in [0.25, 0.3) is 0 Å². The monoisotopic (exact) mass is 168 g/mol. The van der Waals surface area contributed by atoms with Crippen LogP contribution in [-0.4, -0.2) is 19.0 Å². The third-order valence-electron chi connectivity index (χ3n) is 2.56. The first-order chi connectivity index (χ1) is 5.73. The molecule has 0 heterocycles. The summed E-state index contributed by atoms with van der Waals surface area (Å²) in [5.41, 5.74) is 0.317. The summed E-state index contributed by atoms with van der Waals surface area (Å²) >= 11 is 0. The topological polar surface area (TPSA) is 26.3 Å². The van der Waals surface area contributed by atoms with E-state index in [1.165, 1.54) is 12.8 Å². The van der Waals surface area contributed by atoms with Gasteiger partial charge in [0.2, 0.25) is 0 Å². The fourth-order valence-electron chi connectivity index (χ4n) is 1.38. The Kier molecular flexibility index (Phi) is 3.04. The van der Waals surface area contributed by atoms with E-state index in [4.69, 9.17) is 4.74 Å². The largest absolute Gasteiger partial charge is 0.370 e. The Morgan fingerprint density at radius 3 is 2.75 bits per heavy atom. The quantitative estimate of drug-likeness (QED) is 0.447. The minimum Gasteiger partial charge on any atom is -0.370 e. The van der Waals surface area contributed by atoms with Crippen LogP contribution in [0.15, 0.2) is 12.7 Å². The van der Waals surface area contributed by atoms with Crippen molar-refractivity contribution in [2.24, 2.45) is 5.41 Å². The molecule has 0 spiro atoms. The molecule has 68 valence electrons. The Morgan fingerprint density at radius 2 is 2.33 bits per heavy atom. The van der Waals surface area contributed by atoms with E-state index < -0.39 is 0 Å². The van der Waals surface area contributed by atoms with Gasteiger partial charge in [0.05, 0.1) is 6.10 Å². The first-order valence-corrected chi connectivity index (χ1v) is 4.39. The molecule has 2 nitrogen and oxygen atoms in total. The Bertz CT molecular complexity index is 171. The second-order valence-electron chi connectivity index (χ2n) is 3.67. The van der Waals surface area contributed by atoms with Gasteiger partial charge in [0, 0.05) is 0 Å². The molecular weight excluding hydrogens is 152 g/mol. The van der Waals surface area contributed by atoms with E-state index in [-0.39, 0.29) is 12.7 Å². The van der Waals surface area contributed by atoms with Gasteiger partial charge in [-0.05, 0) is 24.7 Å². The van der Waals surface area contributed by atoms with Gasteiger partial charge in [-0.1, -0.05) is 13.0 Å². The van der Waals surface area contributed by atoms with Crippen LogP contribution in [0.1, 0.15) is 26.2 Å². The molecule has 0 amide bonds. The van der Waals surface area contributed by atoms with E-state index in [2.05, 4.69) is 13.5 Å². The zero-order valence-corrected chi connectivity index (χ0v) is 7.58. The van der Waals surface area contributed by atoms with Crippen molar-refractivity contribution in [1.82, 2.24) is 0 Å². The summed E-state index contributed by atoms with van der Waals surface area (Å²) < 4.78 is 5.42. The molecule has 1 unspecified atom stereocenters. The third-order valence-corrected chi connectivity index (χ3v) is 2.56. The molecule has 1 rings (SSSR count). The van der Waals surface area contributed by atoms with Gasteiger partial charge < -0.3 is 9.53 Å². The van der Waals surface area contributed by atoms with E-state index in [1.807, 2.05) is 6.08 Å². The van der Waals surface area contributed by atoms with Gasteiger partial charge in [-0.2, -0.15) is 0 Å². The van der Waals surface area contributed by atoms with E-state index >= 15 is 0 Å². The van der Waals surface area contributed by atoms with Gasteiger partial charge in [-0.25, -0.2) is 0 Å². The molecule has 0 aromatic carbocycles. The molecule has 0 N–H and O–H groups in total. The van der Waals surface area contributed by atoms with E-state index in [0.29, 0.717) is 5.41 Å². The van der Waals surface area contributed by atoms with Crippen LogP contribution < -0.4 is 0 Å². The van der Waals surface area contributed by atoms with Crippen molar-refractivity contribution in [3.05, 3.63) is 12.7 Å². The van der Waals surface area contributed by atoms with Crippen molar-refractivity contribution in [2.75, 3.05) is 6.61 Å². The van der Waals surface area contributed by atoms with Crippen LogP contribution in [-0.2, 0) is 9.53 Å². The van der Waals surface area contributed by atoms with E-state index in [1.54, 1.807) is 0 Å². The molecule has 1 aliphatic carbocycles. The van der Waals surface area contributed by atoms with Crippen LogP contribution in [0.2, 0.25) is 0 Å². The zero-order chi connectivity index (χ0) is 9.03.